The molecule has 4 nitrogen and oxygen atoms in total. The van der Waals surface area contributed by atoms with Gasteiger partial charge in [-0.2, -0.15) is 0 Å². The molecule has 1 saturated heterocycles. The lowest BCUT2D eigenvalue weighted by Gasteiger charge is -2.35. The molecular formula is C16H33Cl2N3O. The maximum Gasteiger partial charge on any atom is 0.223 e. The molecule has 2 fully saturated rings. The highest BCUT2D eigenvalue weighted by atomic mass is 35.5. The lowest BCUT2D eigenvalue weighted by atomic mass is 9.95. The van der Waals surface area contributed by atoms with E-state index < -0.39 is 0 Å². The number of rotatable bonds is 5. The Balaban J connectivity index is 0.00000220. The molecule has 1 heterocycles. The molecule has 22 heavy (non-hydrogen) atoms. The van der Waals surface area contributed by atoms with Crippen molar-refractivity contribution in [2.75, 3.05) is 26.2 Å². The summed E-state index contributed by atoms with van der Waals surface area (Å²) >= 11 is 0. The smallest absolute Gasteiger partial charge is 0.223 e. The maximum absolute atomic E-state index is 12.3. The first-order chi connectivity index (χ1) is 9.61. The van der Waals surface area contributed by atoms with Crippen LogP contribution in [-0.4, -0.2) is 43.0 Å². The maximum atomic E-state index is 12.3. The number of nitrogens with one attached hydrogen (secondary N) is 1. The minimum Gasteiger partial charge on any atom is -0.354 e. The molecule has 0 bridgehead atoms. The van der Waals surface area contributed by atoms with E-state index in [4.69, 9.17) is 5.73 Å². The molecule has 3 atom stereocenters. The third-order valence-electron chi connectivity index (χ3n) is 5.31. The van der Waals surface area contributed by atoms with E-state index in [0.29, 0.717) is 18.5 Å². The van der Waals surface area contributed by atoms with Gasteiger partial charge in [-0.25, -0.2) is 0 Å². The number of halogens is 2. The fourth-order valence-corrected chi connectivity index (χ4v) is 3.64. The molecule has 1 unspecified atom stereocenters. The fraction of sp³-hybridized carbons (Fsp3) is 0.938. The lowest BCUT2D eigenvalue weighted by molar-refractivity contribution is -0.126. The van der Waals surface area contributed by atoms with Crippen LogP contribution in [0.3, 0.4) is 0 Å². The summed E-state index contributed by atoms with van der Waals surface area (Å²) in [5.41, 5.74) is 5.76. The van der Waals surface area contributed by atoms with Gasteiger partial charge in [0.15, 0.2) is 0 Å². The Labute approximate surface area is 147 Å². The molecule has 0 aromatic rings. The van der Waals surface area contributed by atoms with Gasteiger partial charge in [-0.15, -0.1) is 24.8 Å². The largest absolute Gasteiger partial charge is 0.354 e. The lowest BCUT2D eigenvalue weighted by Crippen LogP contribution is -2.47. The number of amides is 1. The molecule has 1 saturated carbocycles. The monoisotopic (exact) mass is 353 g/mol. The van der Waals surface area contributed by atoms with E-state index in [1.807, 2.05) is 0 Å². The molecule has 2 aliphatic rings. The Bertz CT molecular complexity index is 323. The molecule has 0 aromatic heterocycles. The van der Waals surface area contributed by atoms with Crippen molar-refractivity contribution >= 4 is 30.7 Å². The van der Waals surface area contributed by atoms with E-state index in [-0.39, 0.29) is 36.6 Å². The average molecular weight is 354 g/mol. The summed E-state index contributed by atoms with van der Waals surface area (Å²) in [5, 5.41) is 3.16. The summed E-state index contributed by atoms with van der Waals surface area (Å²) < 4.78 is 0. The van der Waals surface area contributed by atoms with Crippen LogP contribution in [0.4, 0.5) is 0 Å². The summed E-state index contributed by atoms with van der Waals surface area (Å²) in [4.78, 5) is 14.8. The second-order valence-electron chi connectivity index (χ2n) is 6.85. The number of piperidine rings is 1. The number of nitrogens with zero attached hydrogens (tertiary/aromatic N) is 1. The van der Waals surface area contributed by atoms with Gasteiger partial charge in [-0.3, -0.25) is 9.69 Å². The molecule has 6 heteroatoms. The van der Waals surface area contributed by atoms with Gasteiger partial charge < -0.3 is 11.1 Å². The van der Waals surface area contributed by atoms with Gasteiger partial charge in [0.1, 0.15) is 0 Å². The van der Waals surface area contributed by atoms with Crippen molar-refractivity contribution in [2.24, 2.45) is 23.5 Å². The van der Waals surface area contributed by atoms with E-state index >= 15 is 0 Å². The van der Waals surface area contributed by atoms with Crippen LogP contribution in [0.5, 0.6) is 0 Å². The minimum atomic E-state index is 0. The highest BCUT2D eigenvalue weighted by Crippen LogP contribution is 2.30. The van der Waals surface area contributed by atoms with Crippen LogP contribution in [0.15, 0.2) is 0 Å². The Morgan fingerprint density at radius 3 is 2.45 bits per heavy atom. The Morgan fingerprint density at radius 2 is 1.86 bits per heavy atom. The number of hydrogen-bond donors (Lipinski definition) is 2. The highest BCUT2D eigenvalue weighted by molar-refractivity contribution is 5.85. The third-order valence-corrected chi connectivity index (χ3v) is 5.31. The van der Waals surface area contributed by atoms with E-state index in [1.54, 1.807) is 0 Å². The van der Waals surface area contributed by atoms with E-state index in [9.17, 15) is 4.79 Å². The Hall–Kier alpha value is -0.0300. The van der Waals surface area contributed by atoms with Gasteiger partial charge in [0, 0.05) is 18.5 Å². The zero-order valence-corrected chi connectivity index (χ0v) is 15.6. The third kappa shape index (κ3) is 5.88. The minimum absolute atomic E-state index is 0. The van der Waals surface area contributed by atoms with Crippen molar-refractivity contribution in [3.8, 4) is 0 Å². The van der Waals surface area contributed by atoms with Crippen LogP contribution in [0, 0.1) is 17.8 Å². The van der Waals surface area contributed by atoms with Crippen molar-refractivity contribution < 1.29 is 4.79 Å². The number of carbonyl (C=O) groups is 1. The number of hydrogen-bond acceptors (Lipinski definition) is 3. The molecule has 0 aromatic carbocycles. The van der Waals surface area contributed by atoms with Crippen LogP contribution in [0.2, 0.25) is 0 Å². The predicted octanol–water partition coefficient (Wildman–Crippen LogP) is 2.44. The van der Waals surface area contributed by atoms with Gasteiger partial charge in [-0.05, 0) is 64.1 Å². The second-order valence-corrected chi connectivity index (χ2v) is 6.85. The van der Waals surface area contributed by atoms with Crippen molar-refractivity contribution in [3.63, 3.8) is 0 Å². The van der Waals surface area contributed by atoms with Gasteiger partial charge in [0.2, 0.25) is 5.91 Å². The Morgan fingerprint density at radius 1 is 1.23 bits per heavy atom. The SMILES string of the molecule is CC1CCN(C(C)CNC(=O)[C@@H]2CCC[C@@H]2CN)CC1.Cl.Cl. The normalized spacial score (nSPS) is 27.6. The summed E-state index contributed by atoms with van der Waals surface area (Å²) in [5.74, 6) is 1.65. The van der Waals surface area contributed by atoms with Gasteiger partial charge in [0.25, 0.3) is 0 Å². The topological polar surface area (TPSA) is 58.4 Å². The zero-order chi connectivity index (χ0) is 14.5. The second kappa shape index (κ2) is 10.7. The van der Waals surface area contributed by atoms with Crippen LogP contribution >= 0.6 is 24.8 Å². The van der Waals surface area contributed by atoms with E-state index in [1.165, 1.54) is 25.9 Å². The standard InChI is InChI=1S/C16H31N3O.2ClH/c1-12-6-8-19(9-7-12)13(2)11-18-16(20)15-5-3-4-14(15)10-17;;/h12-15H,3-11,17H2,1-2H3,(H,18,20);2*1H/t13?,14-,15-;;/m1../s1. The average Bonchev–Trinajstić information content (AvgIpc) is 2.93. The van der Waals surface area contributed by atoms with Gasteiger partial charge in [0.05, 0.1) is 0 Å². The molecule has 1 aliphatic heterocycles. The summed E-state index contributed by atoms with van der Waals surface area (Å²) in [6, 6.07) is 0.448. The first kappa shape index (κ1) is 22.0. The van der Waals surface area contributed by atoms with Crippen LogP contribution in [-0.2, 0) is 4.79 Å². The van der Waals surface area contributed by atoms with Crippen LogP contribution < -0.4 is 11.1 Å². The number of nitrogens with two attached hydrogens (primary N) is 1. The number of carbonyl (C=O) groups excluding carboxylic acids is 1. The quantitative estimate of drug-likeness (QED) is 0.797. The molecule has 0 spiro atoms. The van der Waals surface area contributed by atoms with Crippen molar-refractivity contribution in [1.82, 2.24) is 10.2 Å². The number of likely N-dealkylation sites (tertiary alicyclic amines) is 1. The molecule has 0 radical (unpaired) electrons. The van der Waals surface area contributed by atoms with E-state index in [0.717, 1.165) is 31.7 Å². The van der Waals surface area contributed by atoms with Gasteiger partial charge in [-0.1, -0.05) is 13.3 Å². The summed E-state index contributed by atoms with van der Waals surface area (Å²) in [6.45, 7) is 8.33. The van der Waals surface area contributed by atoms with Crippen molar-refractivity contribution in [3.05, 3.63) is 0 Å². The molecule has 132 valence electrons. The molecule has 2 rings (SSSR count). The Kier molecular flexibility index (Phi) is 10.7. The van der Waals surface area contributed by atoms with Crippen molar-refractivity contribution in [1.29, 1.82) is 0 Å². The van der Waals surface area contributed by atoms with Gasteiger partial charge >= 0.3 is 0 Å². The first-order valence-electron chi connectivity index (χ1n) is 8.33. The molecule has 1 aliphatic carbocycles. The molecule has 3 N–H and O–H groups in total. The zero-order valence-electron chi connectivity index (χ0n) is 13.9. The fourth-order valence-electron chi connectivity index (χ4n) is 3.64. The molecule has 1 amide bonds. The van der Waals surface area contributed by atoms with Crippen LogP contribution in [0.1, 0.15) is 46.0 Å². The summed E-state index contributed by atoms with van der Waals surface area (Å²) in [6.07, 6.45) is 5.86. The van der Waals surface area contributed by atoms with Crippen LogP contribution in [0.25, 0.3) is 0 Å². The molecular weight excluding hydrogens is 321 g/mol. The van der Waals surface area contributed by atoms with Crippen molar-refractivity contribution in [2.45, 2.75) is 52.0 Å². The first-order valence-corrected chi connectivity index (χ1v) is 8.33. The van der Waals surface area contributed by atoms with E-state index in [2.05, 4.69) is 24.1 Å². The predicted molar refractivity (Wildman–Crippen MR) is 96.8 cm³/mol. The highest BCUT2D eigenvalue weighted by Gasteiger charge is 2.32. The summed E-state index contributed by atoms with van der Waals surface area (Å²) in [7, 11) is 0.